The van der Waals surface area contributed by atoms with Crippen molar-refractivity contribution >= 4 is 19.5 Å². The van der Waals surface area contributed by atoms with Crippen LogP contribution in [0.25, 0.3) is 0 Å². The maximum absolute atomic E-state index is 11.4. The molecule has 0 bridgehead atoms. The molecule has 0 aromatic rings. The van der Waals surface area contributed by atoms with Crippen molar-refractivity contribution < 1.29 is 23.9 Å². The van der Waals surface area contributed by atoms with Gasteiger partial charge in [0.25, 0.3) is 0 Å². The van der Waals surface area contributed by atoms with Crippen LogP contribution in [-0.2, 0) is 13.9 Å². The highest BCUT2D eigenvalue weighted by Gasteiger charge is 2.43. The van der Waals surface area contributed by atoms with Gasteiger partial charge in [-0.2, -0.15) is 0 Å². The van der Waals surface area contributed by atoms with E-state index in [0.29, 0.717) is 11.2 Å². The number of hydrogen-bond acceptors (Lipinski definition) is 4. The fraction of sp³-hybridized carbons (Fsp3) is 0.333. The van der Waals surface area contributed by atoms with E-state index in [9.17, 15) is 14.3 Å². The molecule has 2 unspecified atom stereocenters. The summed E-state index contributed by atoms with van der Waals surface area (Å²) in [6.07, 6.45) is 0.657. The molecule has 86 valence electrons. The van der Waals surface area contributed by atoms with E-state index in [4.69, 9.17) is 16.2 Å². The van der Waals surface area contributed by atoms with Crippen molar-refractivity contribution in [2.75, 3.05) is 7.05 Å². The number of likely N-dealkylation sites (N-methyl/N-ethyl adjacent to an activating group) is 1. The highest BCUT2D eigenvalue weighted by molar-refractivity contribution is 7.54. The summed E-state index contributed by atoms with van der Waals surface area (Å²) in [6.45, 7) is 3.04. The van der Waals surface area contributed by atoms with E-state index >= 15 is 0 Å². The average molecular weight is 237 g/mol. The van der Waals surface area contributed by atoms with E-state index in [0.717, 1.165) is 7.05 Å². The molecule has 0 aromatic carbocycles. The molecule has 2 atom stereocenters. The molecule has 0 radical (unpaired) electrons. The summed E-state index contributed by atoms with van der Waals surface area (Å²) >= 11 is 0. The first-order valence-electron chi connectivity index (χ1n) is 3.65. The van der Waals surface area contributed by atoms with Crippen molar-refractivity contribution in [1.29, 1.82) is 5.41 Å². The molecule has 0 aromatic heterocycles. The van der Waals surface area contributed by atoms with Gasteiger partial charge in [0, 0.05) is 7.05 Å². The Bertz CT molecular complexity index is 331. The first-order valence-corrected chi connectivity index (χ1v) is 5.30. The number of carboxylic acids is 1. The van der Waals surface area contributed by atoms with Crippen LogP contribution in [0.2, 0.25) is 0 Å². The Labute approximate surface area is 86.0 Å². The molecule has 15 heavy (non-hydrogen) atoms. The Hall–Kier alpha value is -1.53. The van der Waals surface area contributed by atoms with Crippen molar-refractivity contribution in [2.45, 2.75) is 5.78 Å². The van der Waals surface area contributed by atoms with Crippen LogP contribution in [0.5, 0.6) is 0 Å². The smallest absolute Gasteiger partial charge is 0.410 e. The molecule has 0 fully saturated rings. The third kappa shape index (κ3) is 3.26. The van der Waals surface area contributed by atoms with Crippen LogP contribution in [0, 0.1) is 5.41 Å². The zero-order valence-electron chi connectivity index (χ0n) is 7.95. The summed E-state index contributed by atoms with van der Waals surface area (Å²) in [7, 11) is -3.39. The molecule has 8 nitrogen and oxygen atoms in total. The first-order chi connectivity index (χ1) is 6.74. The number of aliphatic carboxylic acids is 1. The quantitative estimate of drug-likeness (QED) is 0.220. The van der Waals surface area contributed by atoms with Crippen molar-refractivity contribution in [3.8, 4) is 0 Å². The number of carbonyl (C=O) groups is 1. The molecule has 0 aliphatic carbocycles. The molecular formula is C6H12N3O5P. The van der Waals surface area contributed by atoms with Crippen molar-refractivity contribution in [2.24, 2.45) is 5.73 Å². The molecule has 0 heterocycles. The minimum absolute atomic E-state index is 0.618. The highest BCUT2D eigenvalue weighted by Crippen LogP contribution is 2.48. The maximum Gasteiger partial charge on any atom is 0.410 e. The zero-order valence-corrected chi connectivity index (χ0v) is 8.85. The minimum Gasteiger partial charge on any atom is -0.479 e. The van der Waals surface area contributed by atoms with E-state index in [-0.39, 0.29) is 0 Å². The zero-order chi connectivity index (χ0) is 12.2. The van der Waals surface area contributed by atoms with Gasteiger partial charge < -0.3 is 25.2 Å². The van der Waals surface area contributed by atoms with Gasteiger partial charge in [-0.15, -0.1) is 0 Å². The van der Waals surface area contributed by atoms with Crippen molar-refractivity contribution in [3.63, 3.8) is 0 Å². The van der Waals surface area contributed by atoms with Gasteiger partial charge in [0.15, 0.2) is 5.96 Å². The van der Waals surface area contributed by atoms with Crippen LogP contribution in [0.1, 0.15) is 0 Å². The summed E-state index contributed by atoms with van der Waals surface area (Å²) in [5.74, 6) is -4.22. The van der Waals surface area contributed by atoms with Crippen molar-refractivity contribution in [1.82, 2.24) is 4.90 Å². The lowest BCUT2D eigenvalue weighted by Crippen LogP contribution is -2.45. The van der Waals surface area contributed by atoms with Gasteiger partial charge in [-0.1, -0.05) is 6.58 Å². The summed E-state index contributed by atoms with van der Waals surface area (Å²) < 4.78 is 15.6. The van der Waals surface area contributed by atoms with Gasteiger partial charge in [-0.3, -0.25) is 5.41 Å². The lowest BCUT2D eigenvalue weighted by atomic mass is 10.6. The largest absolute Gasteiger partial charge is 0.479 e. The third-order valence-electron chi connectivity index (χ3n) is 1.50. The molecule has 0 saturated carbocycles. The Morgan fingerprint density at radius 3 is 2.53 bits per heavy atom. The average Bonchev–Trinajstić information content (AvgIpc) is 2.01. The number of hydrogen-bond donors (Lipinski definition) is 4. The Morgan fingerprint density at radius 1 is 1.80 bits per heavy atom. The molecule has 0 spiro atoms. The third-order valence-corrected chi connectivity index (χ3v) is 3.14. The van der Waals surface area contributed by atoms with E-state index in [2.05, 4.69) is 11.1 Å². The van der Waals surface area contributed by atoms with E-state index in [1.165, 1.54) is 0 Å². The van der Waals surface area contributed by atoms with Crippen LogP contribution in [0.4, 0.5) is 0 Å². The fourth-order valence-corrected chi connectivity index (χ4v) is 1.99. The molecule has 9 heteroatoms. The second-order valence-corrected chi connectivity index (χ2v) is 4.37. The molecule has 0 rings (SSSR count). The second kappa shape index (κ2) is 4.81. The maximum atomic E-state index is 11.4. The summed E-state index contributed by atoms with van der Waals surface area (Å²) in [5.41, 5.74) is 5.00. The number of guanidine groups is 1. The summed E-state index contributed by atoms with van der Waals surface area (Å²) in [5, 5.41) is 15.7. The molecule has 0 amide bonds. The normalized spacial score (nSPS) is 15.9. The van der Waals surface area contributed by atoms with Crippen LogP contribution in [0.3, 0.4) is 0 Å². The lowest BCUT2D eigenvalue weighted by Gasteiger charge is -2.26. The van der Waals surface area contributed by atoms with Gasteiger partial charge in [0.05, 0.1) is 6.26 Å². The number of nitrogens with two attached hydrogens (primary N) is 1. The Balaban J connectivity index is 5.14. The van der Waals surface area contributed by atoms with Crippen LogP contribution in [-0.4, -0.2) is 39.7 Å². The highest BCUT2D eigenvalue weighted by atomic mass is 31.2. The standard InChI is InChI=1S/C6H12N3O5P/c1-3-14-15(12,13)4(5(10)11)9(2)6(7)8/h3-4H,1H2,2H3,(H3,7,8)(H,10,11)(H,12,13). The molecule has 5 N–H and O–H groups in total. The fourth-order valence-electron chi connectivity index (χ4n) is 0.820. The predicted octanol–water partition coefficient (Wildman–Crippen LogP) is -0.432. The topological polar surface area (TPSA) is 137 Å². The molecule has 0 aliphatic heterocycles. The van der Waals surface area contributed by atoms with Gasteiger partial charge in [0.1, 0.15) is 0 Å². The van der Waals surface area contributed by atoms with Gasteiger partial charge in [0.2, 0.25) is 5.78 Å². The minimum atomic E-state index is -4.48. The second-order valence-electron chi connectivity index (χ2n) is 2.54. The molecule has 0 saturated heterocycles. The van der Waals surface area contributed by atoms with Crippen LogP contribution >= 0.6 is 7.60 Å². The number of nitrogens with one attached hydrogen (secondary N) is 1. The molecular weight excluding hydrogens is 225 g/mol. The monoisotopic (exact) mass is 237 g/mol. The van der Waals surface area contributed by atoms with Gasteiger partial charge in [-0.25, -0.2) is 9.36 Å². The van der Waals surface area contributed by atoms with Gasteiger partial charge >= 0.3 is 13.6 Å². The SMILES string of the molecule is C=COP(=O)(O)C(C(=O)O)N(C)C(=N)N. The van der Waals surface area contributed by atoms with E-state index in [1.54, 1.807) is 0 Å². The van der Waals surface area contributed by atoms with E-state index in [1.807, 2.05) is 0 Å². The number of nitrogens with zero attached hydrogens (tertiary/aromatic N) is 1. The summed E-state index contributed by atoms with van der Waals surface area (Å²) in [4.78, 5) is 20.6. The van der Waals surface area contributed by atoms with E-state index < -0.39 is 25.3 Å². The van der Waals surface area contributed by atoms with Gasteiger partial charge in [-0.05, 0) is 0 Å². The predicted molar refractivity (Wildman–Crippen MR) is 52.2 cm³/mol. The number of rotatable bonds is 5. The molecule has 0 aliphatic rings. The van der Waals surface area contributed by atoms with Crippen LogP contribution in [0.15, 0.2) is 12.8 Å². The Kier molecular flexibility index (Phi) is 4.32. The lowest BCUT2D eigenvalue weighted by molar-refractivity contribution is -0.139. The van der Waals surface area contributed by atoms with Crippen LogP contribution < -0.4 is 5.73 Å². The van der Waals surface area contributed by atoms with Crippen molar-refractivity contribution in [3.05, 3.63) is 12.8 Å². The number of carboxylic acid groups (broad SMARTS) is 1. The Morgan fingerprint density at radius 2 is 2.27 bits per heavy atom. The first kappa shape index (κ1) is 13.5. The summed E-state index contributed by atoms with van der Waals surface area (Å²) in [6, 6.07) is 0.